The van der Waals surface area contributed by atoms with Crippen molar-refractivity contribution in [2.24, 2.45) is 0 Å². The number of rotatable bonds is 6. The molecule has 3 aromatic rings. The van der Waals surface area contributed by atoms with Gasteiger partial charge in [0.2, 0.25) is 5.91 Å². The molecule has 3 heteroatoms. The van der Waals surface area contributed by atoms with Crippen molar-refractivity contribution in [2.75, 3.05) is 6.54 Å². The fraction of sp³-hybridized carbons (Fsp3) is 0.286. The summed E-state index contributed by atoms with van der Waals surface area (Å²) in [5, 5.41) is 4.05. The van der Waals surface area contributed by atoms with Crippen molar-refractivity contribution in [1.82, 2.24) is 5.32 Å². The van der Waals surface area contributed by atoms with Crippen LogP contribution in [0.15, 0.2) is 59.2 Å². The molecular formula is C21H23NO2. The molecule has 0 fully saturated rings. The van der Waals surface area contributed by atoms with Crippen LogP contribution >= 0.6 is 0 Å². The molecule has 1 atom stereocenters. The van der Waals surface area contributed by atoms with E-state index in [-0.39, 0.29) is 5.91 Å². The summed E-state index contributed by atoms with van der Waals surface area (Å²) in [6, 6.07) is 16.4. The lowest BCUT2D eigenvalue weighted by Gasteiger charge is -2.12. The summed E-state index contributed by atoms with van der Waals surface area (Å²) in [5.74, 6) is 0.323. The van der Waals surface area contributed by atoms with Gasteiger partial charge in [-0.25, -0.2) is 0 Å². The largest absolute Gasteiger partial charge is 0.464 e. The van der Waals surface area contributed by atoms with E-state index < -0.39 is 0 Å². The van der Waals surface area contributed by atoms with Gasteiger partial charge in [-0.05, 0) is 29.5 Å². The summed E-state index contributed by atoms with van der Waals surface area (Å²) in [6.07, 6.45) is 3.02. The second-order valence-corrected chi connectivity index (χ2v) is 6.24. The highest BCUT2D eigenvalue weighted by Gasteiger charge is 2.12. The van der Waals surface area contributed by atoms with E-state index in [1.807, 2.05) is 30.3 Å². The lowest BCUT2D eigenvalue weighted by molar-refractivity contribution is -0.120. The van der Waals surface area contributed by atoms with Crippen molar-refractivity contribution in [3.63, 3.8) is 0 Å². The van der Waals surface area contributed by atoms with Crippen LogP contribution in [0.5, 0.6) is 0 Å². The summed E-state index contributed by atoms with van der Waals surface area (Å²) in [7, 11) is 0. The van der Waals surface area contributed by atoms with Crippen molar-refractivity contribution in [2.45, 2.75) is 32.6 Å². The van der Waals surface area contributed by atoms with Crippen LogP contribution in [-0.4, -0.2) is 12.5 Å². The maximum atomic E-state index is 12.3. The normalized spacial score (nSPS) is 12.2. The van der Waals surface area contributed by atoms with Gasteiger partial charge in [0.1, 0.15) is 5.58 Å². The van der Waals surface area contributed by atoms with Gasteiger partial charge in [0.25, 0.3) is 0 Å². The van der Waals surface area contributed by atoms with Gasteiger partial charge in [0.05, 0.1) is 12.7 Å². The maximum absolute atomic E-state index is 12.3. The molecule has 0 bridgehead atoms. The van der Waals surface area contributed by atoms with Crippen molar-refractivity contribution >= 4 is 16.9 Å². The summed E-state index contributed by atoms with van der Waals surface area (Å²) in [6.45, 7) is 4.88. The number of nitrogens with one attached hydrogen (secondary N) is 1. The second kappa shape index (κ2) is 7.35. The van der Waals surface area contributed by atoms with Crippen LogP contribution in [0.3, 0.4) is 0 Å². The minimum absolute atomic E-state index is 0.0278. The maximum Gasteiger partial charge on any atom is 0.224 e. The van der Waals surface area contributed by atoms with Crippen LogP contribution in [0.1, 0.15) is 36.5 Å². The molecule has 1 unspecified atom stereocenters. The van der Waals surface area contributed by atoms with Gasteiger partial charge in [0.15, 0.2) is 0 Å². The highest BCUT2D eigenvalue weighted by molar-refractivity contribution is 5.87. The first-order valence-electron chi connectivity index (χ1n) is 8.48. The predicted molar refractivity (Wildman–Crippen MR) is 97.2 cm³/mol. The molecule has 0 spiro atoms. The van der Waals surface area contributed by atoms with E-state index in [4.69, 9.17) is 4.42 Å². The van der Waals surface area contributed by atoms with E-state index in [9.17, 15) is 4.79 Å². The molecule has 3 nitrogen and oxygen atoms in total. The number of fused-ring (bicyclic) bond motifs is 1. The molecule has 24 heavy (non-hydrogen) atoms. The number of aryl methyl sites for hydroxylation is 1. The monoisotopic (exact) mass is 321 g/mol. The van der Waals surface area contributed by atoms with Gasteiger partial charge in [-0.1, -0.05) is 56.3 Å². The average Bonchev–Trinajstić information content (AvgIpc) is 3.02. The molecule has 1 N–H and O–H groups in total. The third kappa shape index (κ3) is 3.67. The Kier molecular flexibility index (Phi) is 4.99. The van der Waals surface area contributed by atoms with Crippen molar-refractivity contribution < 1.29 is 9.21 Å². The zero-order valence-electron chi connectivity index (χ0n) is 14.2. The molecule has 1 aromatic heterocycles. The van der Waals surface area contributed by atoms with E-state index in [0.29, 0.717) is 18.9 Å². The fourth-order valence-corrected chi connectivity index (χ4v) is 2.89. The van der Waals surface area contributed by atoms with Gasteiger partial charge in [-0.3, -0.25) is 4.79 Å². The fourth-order valence-electron chi connectivity index (χ4n) is 2.89. The Bertz CT molecular complexity index is 820. The van der Waals surface area contributed by atoms with Crippen LogP contribution in [0.4, 0.5) is 0 Å². The summed E-state index contributed by atoms with van der Waals surface area (Å²) < 4.78 is 5.61. The summed E-state index contributed by atoms with van der Waals surface area (Å²) in [4.78, 5) is 12.3. The second-order valence-electron chi connectivity index (χ2n) is 6.24. The third-order valence-corrected chi connectivity index (χ3v) is 4.45. The van der Waals surface area contributed by atoms with Gasteiger partial charge < -0.3 is 9.73 Å². The van der Waals surface area contributed by atoms with Crippen LogP contribution in [0.2, 0.25) is 0 Å². The molecule has 0 saturated heterocycles. The predicted octanol–water partition coefficient (Wildman–Crippen LogP) is 4.46. The van der Waals surface area contributed by atoms with Crippen LogP contribution in [-0.2, 0) is 17.6 Å². The first-order valence-corrected chi connectivity index (χ1v) is 8.48. The molecule has 1 amide bonds. The number of hydrogen-bond donors (Lipinski definition) is 1. The first-order chi connectivity index (χ1) is 11.7. The number of amides is 1. The van der Waals surface area contributed by atoms with Crippen LogP contribution < -0.4 is 5.32 Å². The molecular weight excluding hydrogens is 298 g/mol. The molecule has 0 radical (unpaired) electrons. The molecule has 0 aliphatic heterocycles. The molecule has 124 valence electrons. The Balaban J connectivity index is 1.61. The first kappa shape index (κ1) is 16.3. The number of benzene rings is 2. The van der Waals surface area contributed by atoms with Gasteiger partial charge in [-0.2, -0.15) is 0 Å². The molecule has 3 rings (SSSR count). The van der Waals surface area contributed by atoms with E-state index in [1.165, 1.54) is 11.1 Å². The number of hydrogen-bond acceptors (Lipinski definition) is 2. The lowest BCUT2D eigenvalue weighted by atomic mass is 10.0. The zero-order valence-corrected chi connectivity index (χ0v) is 14.2. The Morgan fingerprint density at radius 3 is 2.71 bits per heavy atom. The highest BCUT2D eigenvalue weighted by Crippen LogP contribution is 2.23. The number of carbonyl (C=O) groups excluding carboxylic acids is 1. The number of carbonyl (C=O) groups is 1. The Morgan fingerprint density at radius 1 is 1.17 bits per heavy atom. The highest BCUT2D eigenvalue weighted by atomic mass is 16.3. The van der Waals surface area contributed by atoms with E-state index >= 15 is 0 Å². The van der Waals surface area contributed by atoms with E-state index in [2.05, 4.69) is 37.4 Å². The summed E-state index contributed by atoms with van der Waals surface area (Å²) >= 11 is 0. The lowest BCUT2D eigenvalue weighted by Crippen LogP contribution is -2.28. The van der Waals surface area contributed by atoms with Crippen molar-refractivity contribution in [3.8, 4) is 0 Å². The quantitative estimate of drug-likeness (QED) is 0.728. The summed E-state index contributed by atoms with van der Waals surface area (Å²) in [5.41, 5.74) is 4.27. The molecule has 1 heterocycles. The smallest absolute Gasteiger partial charge is 0.224 e. The topological polar surface area (TPSA) is 42.2 Å². The van der Waals surface area contributed by atoms with Crippen LogP contribution in [0.25, 0.3) is 11.0 Å². The van der Waals surface area contributed by atoms with Crippen molar-refractivity contribution in [3.05, 3.63) is 71.5 Å². The third-order valence-electron chi connectivity index (χ3n) is 4.45. The SMILES string of the molecule is CCc1ccc2c(CC(=O)NCC(C)c3ccccc3)coc2c1. The van der Waals surface area contributed by atoms with Crippen molar-refractivity contribution in [1.29, 1.82) is 0 Å². The minimum Gasteiger partial charge on any atom is -0.464 e. The standard InChI is InChI=1S/C21H23NO2/c1-3-16-9-10-19-18(14-24-20(19)11-16)12-21(23)22-13-15(2)17-7-5-4-6-8-17/h4-11,14-15H,3,12-13H2,1-2H3,(H,22,23). The Labute approximate surface area is 142 Å². The molecule has 0 saturated carbocycles. The van der Waals surface area contributed by atoms with Crippen LogP contribution in [0, 0.1) is 0 Å². The van der Waals surface area contributed by atoms with E-state index in [0.717, 1.165) is 23.0 Å². The average molecular weight is 321 g/mol. The van der Waals surface area contributed by atoms with E-state index in [1.54, 1.807) is 6.26 Å². The van der Waals surface area contributed by atoms with Gasteiger partial charge in [0, 0.05) is 17.5 Å². The minimum atomic E-state index is 0.0278. The molecule has 0 aliphatic carbocycles. The molecule has 2 aromatic carbocycles. The zero-order chi connectivity index (χ0) is 16.9. The molecule has 0 aliphatic rings. The Morgan fingerprint density at radius 2 is 1.96 bits per heavy atom. The van der Waals surface area contributed by atoms with Gasteiger partial charge in [-0.15, -0.1) is 0 Å². The van der Waals surface area contributed by atoms with Gasteiger partial charge >= 0.3 is 0 Å². The number of furan rings is 1. The Hall–Kier alpha value is -2.55.